The van der Waals surface area contributed by atoms with E-state index in [9.17, 15) is 0 Å². The first kappa shape index (κ1) is 14.4. The summed E-state index contributed by atoms with van der Waals surface area (Å²) in [5, 5.41) is 0. The molecule has 1 fully saturated rings. The molecule has 0 aromatic rings. The first-order valence-electron chi connectivity index (χ1n) is 5.02. The number of hydrogen-bond acceptors (Lipinski definition) is 2. The zero-order chi connectivity index (χ0) is 9.98. The van der Waals surface area contributed by atoms with Gasteiger partial charge < -0.3 is 9.47 Å². The normalized spacial score (nSPS) is 27.5. The van der Waals surface area contributed by atoms with Crippen LogP contribution in [0.2, 0.25) is 0 Å². The SMILES string of the molecule is CC.CC.CC1CC(C)OCO1. The topological polar surface area (TPSA) is 18.5 Å². The standard InChI is InChI=1S/C6H12O2.2C2H6/c1-5-3-6(2)8-4-7-5;2*1-2/h5-6H,3-4H2,1-2H3;2*1-2H3. The van der Waals surface area contributed by atoms with E-state index in [1.165, 1.54) is 0 Å². The third-order valence-corrected chi connectivity index (χ3v) is 1.37. The summed E-state index contributed by atoms with van der Waals surface area (Å²) < 4.78 is 10.3. The molecular weight excluding hydrogens is 152 g/mol. The quantitative estimate of drug-likeness (QED) is 0.564. The highest BCUT2D eigenvalue weighted by atomic mass is 16.7. The van der Waals surface area contributed by atoms with Gasteiger partial charge in [-0.25, -0.2) is 0 Å². The van der Waals surface area contributed by atoms with Gasteiger partial charge in [-0.1, -0.05) is 27.7 Å². The van der Waals surface area contributed by atoms with Crippen LogP contribution in [-0.2, 0) is 9.47 Å². The van der Waals surface area contributed by atoms with E-state index < -0.39 is 0 Å². The fourth-order valence-electron chi connectivity index (χ4n) is 0.875. The maximum atomic E-state index is 5.13. The van der Waals surface area contributed by atoms with Gasteiger partial charge >= 0.3 is 0 Å². The second-order valence-corrected chi connectivity index (χ2v) is 2.31. The van der Waals surface area contributed by atoms with Crippen LogP contribution < -0.4 is 0 Å². The van der Waals surface area contributed by atoms with E-state index in [4.69, 9.17) is 9.47 Å². The molecule has 0 radical (unpaired) electrons. The summed E-state index contributed by atoms with van der Waals surface area (Å²) in [6.07, 6.45) is 1.80. The molecular formula is C10H24O2. The van der Waals surface area contributed by atoms with Crippen molar-refractivity contribution in [2.45, 2.75) is 60.2 Å². The summed E-state index contributed by atoms with van der Waals surface area (Å²) in [5.74, 6) is 0. The number of ether oxygens (including phenoxy) is 2. The molecule has 0 aliphatic carbocycles. The maximum Gasteiger partial charge on any atom is 0.147 e. The summed E-state index contributed by atoms with van der Waals surface area (Å²) in [6, 6.07) is 0. The van der Waals surface area contributed by atoms with Crippen LogP contribution in [0, 0.1) is 0 Å². The summed E-state index contributed by atoms with van der Waals surface area (Å²) in [6.45, 7) is 12.6. The van der Waals surface area contributed by atoms with Gasteiger partial charge in [0.2, 0.25) is 0 Å². The minimum absolute atomic E-state index is 0.388. The highest BCUT2D eigenvalue weighted by Crippen LogP contribution is 2.10. The molecule has 0 N–H and O–H groups in total. The number of rotatable bonds is 0. The van der Waals surface area contributed by atoms with E-state index in [1.54, 1.807) is 0 Å². The van der Waals surface area contributed by atoms with E-state index in [0.717, 1.165) is 6.42 Å². The van der Waals surface area contributed by atoms with Gasteiger partial charge in [0.25, 0.3) is 0 Å². The lowest BCUT2D eigenvalue weighted by Crippen LogP contribution is -2.26. The monoisotopic (exact) mass is 176 g/mol. The Labute approximate surface area is 77.3 Å². The highest BCUT2D eigenvalue weighted by molar-refractivity contribution is 4.59. The fraction of sp³-hybridized carbons (Fsp3) is 1.00. The summed E-state index contributed by atoms with van der Waals surface area (Å²) >= 11 is 0. The Morgan fingerprint density at radius 1 is 0.833 bits per heavy atom. The smallest absolute Gasteiger partial charge is 0.147 e. The van der Waals surface area contributed by atoms with Crippen molar-refractivity contribution in [3.8, 4) is 0 Å². The third kappa shape index (κ3) is 8.02. The predicted octanol–water partition coefficient (Wildman–Crippen LogP) is 3.21. The van der Waals surface area contributed by atoms with Gasteiger partial charge in [0, 0.05) is 0 Å². The minimum Gasteiger partial charge on any atom is -0.352 e. The van der Waals surface area contributed by atoms with Crippen molar-refractivity contribution >= 4 is 0 Å². The van der Waals surface area contributed by atoms with Crippen LogP contribution in [0.3, 0.4) is 0 Å². The Bertz CT molecular complexity index is 66.2. The van der Waals surface area contributed by atoms with Gasteiger partial charge in [0.05, 0.1) is 12.2 Å². The molecule has 0 bridgehead atoms. The molecule has 0 amide bonds. The summed E-state index contributed by atoms with van der Waals surface area (Å²) in [4.78, 5) is 0. The van der Waals surface area contributed by atoms with Gasteiger partial charge in [-0.15, -0.1) is 0 Å². The van der Waals surface area contributed by atoms with Gasteiger partial charge in [0.1, 0.15) is 6.79 Å². The Kier molecular flexibility index (Phi) is 13.1. The van der Waals surface area contributed by atoms with Crippen molar-refractivity contribution in [2.24, 2.45) is 0 Å². The molecule has 0 aromatic carbocycles. The molecule has 2 nitrogen and oxygen atoms in total. The van der Waals surface area contributed by atoms with Crippen LogP contribution in [0.25, 0.3) is 0 Å². The Morgan fingerprint density at radius 2 is 1.17 bits per heavy atom. The van der Waals surface area contributed by atoms with E-state index in [2.05, 4.69) is 13.8 Å². The second-order valence-electron chi connectivity index (χ2n) is 2.31. The Hall–Kier alpha value is -0.0800. The molecule has 1 saturated heterocycles. The van der Waals surface area contributed by atoms with E-state index in [1.807, 2.05) is 27.7 Å². The molecule has 76 valence electrons. The Balaban J connectivity index is 0. The van der Waals surface area contributed by atoms with Crippen LogP contribution in [0.5, 0.6) is 0 Å². The van der Waals surface area contributed by atoms with Gasteiger partial charge in [-0.05, 0) is 20.3 Å². The highest BCUT2D eigenvalue weighted by Gasteiger charge is 2.14. The zero-order valence-electron chi connectivity index (χ0n) is 9.39. The van der Waals surface area contributed by atoms with Gasteiger partial charge in [-0.2, -0.15) is 0 Å². The van der Waals surface area contributed by atoms with E-state index in [-0.39, 0.29) is 0 Å². The predicted molar refractivity (Wildman–Crippen MR) is 53.3 cm³/mol. The summed E-state index contributed by atoms with van der Waals surface area (Å²) in [5.41, 5.74) is 0. The lowest BCUT2D eigenvalue weighted by molar-refractivity contribution is -0.164. The van der Waals surface area contributed by atoms with Crippen LogP contribution in [0.4, 0.5) is 0 Å². The van der Waals surface area contributed by atoms with Crippen molar-refractivity contribution in [2.75, 3.05) is 6.79 Å². The maximum absolute atomic E-state index is 5.13. The third-order valence-electron chi connectivity index (χ3n) is 1.37. The molecule has 1 heterocycles. The Morgan fingerprint density at radius 3 is 1.33 bits per heavy atom. The molecule has 1 rings (SSSR count). The molecule has 0 spiro atoms. The van der Waals surface area contributed by atoms with E-state index in [0.29, 0.717) is 19.0 Å². The van der Waals surface area contributed by atoms with Crippen LogP contribution in [0.15, 0.2) is 0 Å². The van der Waals surface area contributed by atoms with Crippen LogP contribution in [-0.4, -0.2) is 19.0 Å². The molecule has 2 heteroatoms. The van der Waals surface area contributed by atoms with Crippen LogP contribution >= 0.6 is 0 Å². The molecule has 12 heavy (non-hydrogen) atoms. The molecule has 2 unspecified atom stereocenters. The molecule has 1 aliphatic heterocycles. The first-order valence-corrected chi connectivity index (χ1v) is 5.02. The van der Waals surface area contributed by atoms with Crippen molar-refractivity contribution in [3.05, 3.63) is 0 Å². The van der Waals surface area contributed by atoms with Gasteiger partial charge in [0.15, 0.2) is 0 Å². The minimum atomic E-state index is 0.388. The lowest BCUT2D eigenvalue weighted by Gasteiger charge is -2.24. The molecule has 0 saturated carbocycles. The van der Waals surface area contributed by atoms with E-state index >= 15 is 0 Å². The first-order chi connectivity index (χ1) is 5.79. The van der Waals surface area contributed by atoms with Crippen molar-refractivity contribution < 1.29 is 9.47 Å². The molecule has 2 atom stereocenters. The average molecular weight is 176 g/mol. The fourth-order valence-corrected chi connectivity index (χ4v) is 0.875. The van der Waals surface area contributed by atoms with Crippen molar-refractivity contribution in [1.82, 2.24) is 0 Å². The molecule has 1 aliphatic rings. The summed E-state index contributed by atoms with van der Waals surface area (Å²) in [7, 11) is 0. The number of hydrogen-bond donors (Lipinski definition) is 0. The van der Waals surface area contributed by atoms with Gasteiger partial charge in [-0.3, -0.25) is 0 Å². The second kappa shape index (κ2) is 10.9. The molecule has 0 aromatic heterocycles. The largest absolute Gasteiger partial charge is 0.352 e. The zero-order valence-corrected chi connectivity index (χ0v) is 9.39. The lowest BCUT2D eigenvalue weighted by atomic mass is 10.2. The van der Waals surface area contributed by atoms with Crippen molar-refractivity contribution in [3.63, 3.8) is 0 Å². The van der Waals surface area contributed by atoms with Crippen molar-refractivity contribution in [1.29, 1.82) is 0 Å². The van der Waals surface area contributed by atoms with Crippen LogP contribution in [0.1, 0.15) is 48.0 Å². The average Bonchev–Trinajstić information content (AvgIpc) is 2.11.